The van der Waals surface area contributed by atoms with E-state index in [4.69, 9.17) is 11.0 Å². The molecular formula is C25H26N4O. The molecule has 4 rings (SSSR count). The smallest absolute Gasteiger partial charge is 0.270 e. The number of nitrogens with two attached hydrogens (primary N) is 1. The van der Waals surface area contributed by atoms with Crippen molar-refractivity contribution in [3.8, 4) is 28.5 Å². The number of rotatable bonds is 3. The maximum absolute atomic E-state index is 13.4. The quantitative estimate of drug-likeness (QED) is 0.722. The van der Waals surface area contributed by atoms with Gasteiger partial charge in [-0.15, -0.1) is 0 Å². The lowest BCUT2D eigenvalue weighted by molar-refractivity contribution is 0.0699. The minimum atomic E-state index is 0.0147. The van der Waals surface area contributed by atoms with E-state index >= 15 is 0 Å². The van der Waals surface area contributed by atoms with Gasteiger partial charge >= 0.3 is 0 Å². The first-order valence-electron chi connectivity index (χ1n) is 10.3. The van der Waals surface area contributed by atoms with Gasteiger partial charge in [-0.3, -0.25) is 4.79 Å². The zero-order chi connectivity index (χ0) is 21.3. The van der Waals surface area contributed by atoms with Crippen LogP contribution in [0.3, 0.4) is 0 Å². The summed E-state index contributed by atoms with van der Waals surface area (Å²) in [5, 5.41) is 9.13. The maximum Gasteiger partial charge on any atom is 0.270 e. The van der Waals surface area contributed by atoms with Crippen LogP contribution in [-0.4, -0.2) is 34.5 Å². The normalized spacial score (nSPS) is 16.3. The number of carbonyl (C=O) groups excluding carboxylic acids is 1. The Hall–Kier alpha value is -3.36. The molecule has 1 amide bonds. The van der Waals surface area contributed by atoms with Crippen LogP contribution in [0.15, 0.2) is 54.6 Å². The van der Waals surface area contributed by atoms with Gasteiger partial charge in [-0.2, -0.15) is 5.26 Å². The molecule has 1 fully saturated rings. The molecule has 0 bridgehead atoms. The van der Waals surface area contributed by atoms with Crippen molar-refractivity contribution in [2.45, 2.75) is 25.8 Å². The van der Waals surface area contributed by atoms with Crippen molar-refractivity contribution in [1.29, 1.82) is 5.26 Å². The predicted molar refractivity (Wildman–Crippen MR) is 119 cm³/mol. The molecule has 5 heteroatoms. The maximum atomic E-state index is 13.4. The number of nitrogens with zero attached hydrogens (tertiary/aromatic N) is 3. The Morgan fingerprint density at radius 3 is 2.40 bits per heavy atom. The summed E-state index contributed by atoms with van der Waals surface area (Å²) >= 11 is 0. The number of amides is 1. The van der Waals surface area contributed by atoms with Gasteiger partial charge in [0.15, 0.2) is 0 Å². The minimum absolute atomic E-state index is 0.0147. The number of nitriles is 1. The summed E-state index contributed by atoms with van der Waals surface area (Å²) in [6.07, 6.45) is 1.90. The second kappa shape index (κ2) is 8.17. The van der Waals surface area contributed by atoms with Crippen LogP contribution in [0, 0.1) is 18.3 Å². The molecule has 3 aromatic rings. The third kappa shape index (κ3) is 3.74. The third-order valence-electron chi connectivity index (χ3n) is 5.85. The van der Waals surface area contributed by atoms with Gasteiger partial charge in [0, 0.05) is 31.7 Å². The number of aromatic nitrogens is 1. The Balaban J connectivity index is 1.83. The number of carbonyl (C=O) groups is 1. The van der Waals surface area contributed by atoms with Crippen LogP contribution < -0.4 is 5.73 Å². The molecule has 1 saturated heterocycles. The van der Waals surface area contributed by atoms with Gasteiger partial charge in [-0.1, -0.05) is 42.0 Å². The number of hydrogen-bond donors (Lipinski definition) is 1. The van der Waals surface area contributed by atoms with Crippen molar-refractivity contribution in [2.24, 2.45) is 12.8 Å². The Kier molecular flexibility index (Phi) is 5.43. The SMILES string of the molecule is Cc1ccc(-c2c(-c3ccc(C#N)cc3)cc(C(=O)N3CCCC(N)C3)n2C)cc1. The molecular weight excluding hydrogens is 372 g/mol. The fraction of sp³-hybridized carbons (Fsp3) is 0.280. The number of hydrogen-bond acceptors (Lipinski definition) is 3. The highest BCUT2D eigenvalue weighted by Crippen LogP contribution is 2.35. The zero-order valence-electron chi connectivity index (χ0n) is 17.4. The zero-order valence-corrected chi connectivity index (χ0v) is 17.4. The molecule has 5 nitrogen and oxygen atoms in total. The monoisotopic (exact) mass is 398 g/mol. The van der Waals surface area contributed by atoms with Gasteiger partial charge in [-0.05, 0) is 49.1 Å². The lowest BCUT2D eigenvalue weighted by Crippen LogP contribution is -2.46. The summed E-state index contributed by atoms with van der Waals surface area (Å²) < 4.78 is 1.99. The van der Waals surface area contributed by atoms with Gasteiger partial charge in [-0.25, -0.2) is 0 Å². The largest absolute Gasteiger partial charge is 0.339 e. The minimum Gasteiger partial charge on any atom is -0.339 e. The molecule has 2 aromatic carbocycles. The Morgan fingerprint density at radius 1 is 1.10 bits per heavy atom. The van der Waals surface area contributed by atoms with Crippen LogP contribution in [0.2, 0.25) is 0 Å². The van der Waals surface area contributed by atoms with Gasteiger partial charge in [0.25, 0.3) is 5.91 Å². The summed E-state index contributed by atoms with van der Waals surface area (Å²) in [4.78, 5) is 15.2. The summed E-state index contributed by atoms with van der Waals surface area (Å²) in [7, 11) is 1.94. The van der Waals surface area contributed by atoms with E-state index in [1.807, 2.05) is 46.8 Å². The van der Waals surface area contributed by atoms with Crippen LogP contribution in [0.4, 0.5) is 0 Å². The highest BCUT2D eigenvalue weighted by Gasteiger charge is 2.27. The number of likely N-dealkylation sites (tertiary alicyclic amines) is 1. The van der Waals surface area contributed by atoms with Crippen LogP contribution in [0.5, 0.6) is 0 Å². The molecule has 0 saturated carbocycles. The molecule has 1 aliphatic heterocycles. The van der Waals surface area contributed by atoms with Gasteiger partial charge in [0.05, 0.1) is 17.3 Å². The standard InChI is InChI=1S/C25H26N4O/c1-17-5-9-20(10-6-17)24-22(19-11-7-18(15-26)8-12-19)14-23(28(24)2)25(30)29-13-3-4-21(27)16-29/h5-12,14,21H,3-4,13,16,27H2,1-2H3. The van der Waals surface area contributed by atoms with Gasteiger partial charge in [0.1, 0.15) is 5.69 Å². The molecule has 1 aliphatic rings. The van der Waals surface area contributed by atoms with Crippen LogP contribution in [0.25, 0.3) is 22.4 Å². The second-order valence-corrected chi connectivity index (χ2v) is 8.06. The molecule has 2 heterocycles. The Morgan fingerprint density at radius 2 is 1.77 bits per heavy atom. The van der Waals surface area contributed by atoms with Crippen LogP contribution in [0.1, 0.15) is 34.5 Å². The molecule has 152 valence electrons. The fourth-order valence-electron chi connectivity index (χ4n) is 4.17. The lowest BCUT2D eigenvalue weighted by atomic mass is 9.99. The van der Waals surface area contributed by atoms with E-state index in [0.29, 0.717) is 17.8 Å². The van der Waals surface area contributed by atoms with Crippen molar-refractivity contribution in [3.05, 3.63) is 71.4 Å². The van der Waals surface area contributed by atoms with E-state index in [0.717, 1.165) is 41.8 Å². The molecule has 0 aliphatic carbocycles. The number of aryl methyl sites for hydroxylation is 1. The highest BCUT2D eigenvalue weighted by molar-refractivity contribution is 5.98. The van der Waals surface area contributed by atoms with Crippen LogP contribution in [-0.2, 0) is 7.05 Å². The third-order valence-corrected chi connectivity index (χ3v) is 5.85. The summed E-state index contributed by atoms with van der Waals surface area (Å²) in [6.45, 7) is 3.39. The van der Waals surface area contributed by atoms with Crippen molar-refractivity contribution in [1.82, 2.24) is 9.47 Å². The Bertz CT molecular complexity index is 1100. The first-order valence-corrected chi connectivity index (χ1v) is 10.3. The van der Waals surface area contributed by atoms with E-state index in [1.54, 1.807) is 0 Å². The van der Waals surface area contributed by atoms with Crippen LogP contribution >= 0.6 is 0 Å². The molecule has 30 heavy (non-hydrogen) atoms. The van der Waals surface area contributed by atoms with Crippen molar-refractivity contribution >= 4 is 5.91 Å². The van der Waals surface area contributed by atoms with Crippen molar-refractivity contribution in [2.75, 3.05) is 13.1 Å². The Labute approximate surface area is 177 Å². The average Bonchev–Trinajstić information content (AvgIpc) is 3.11. The molecule has 2 N–H and O–H groups in total. The highest BCUT2D eigenvalue weighted by atomic mass is 16.2. The van der Waals surface area contributed by atoms with Crippen molar-refractivity contribution in [3.63, 3.8) is 0 Å². The number of piperidine rings is 1. The van der Waals surface area contributed by atoms with E-state index in [-0.39, 0.29) is 11.9 Å². The summed E-state index contributed by atoms with van der Waals surface area (Å²) in [6, 6.07) is 20.0. The molecule has 1 atom stereocenters. The molecule has 0 spiro atoms. The molecule has 1 unspecified atom stereocenters. The van der Waals surface area contributed by atoms with Gasteiger partial charge < -0.3 is 15.2 Å². The summed E-state index contributed by atoms with van der Waals surface area (Å²) in [5.74, 6) is 0.0147. The number of benzene rings is 2. The molecule has 1 aromatic heterocycles. The van der Waals surface area contributed by atoms with Crippen molar-refractivity contribution < 1.29 is 4.79 Å². The van der Waals surface area contributed by atoms with E-state index in [2.05, 4.69) is 37.3 Å². The predicted octanol–water partition coefficient (Wildman–Crippen LogP) is 4.10. The molecule has 0 radical (unpaired) electrons. The topological polar surface area (TPSA) is 75.1 Å². The van der Waals surface area contributed by atoms with E-state index < -0.39 is 0 Å². The average molecular weight is 399 g/mol. The first kappa shape index (κ1) is 19.9. The first-order chi connectivity index (χ1) is 14.5. The summed E-state index contributed by atoms with van der Waals surface area (Å²) in [5.41, 5.74) is 12.6. The van der Waals surface area contributed by atoms with E-state index in [1.165, 1.54) is 5.56 Å². The van der Waals surface area contributed by atoms with Gasteiger partial charge in [0.2, 0.25) is 0 Å². The van der Waals surface area contributed by atoms with E-state index in [9.17, 15) is 4.79 Å². The lowest BCUT2D eigenvalue weighted by Gasteiger charge is -2.30. The second-order valence-electron chi connectivity index (χ2n) is 8.06. The fourth-order valence-corrected chi connectivity index (χ4v) is 4.17.